The van der Waals surface area contributed by atoms with Crippen LogP contribution in [-0.4, -0.2) is 57.3 Å². The van der Waals surface area contributed by atoms with E-state index < -0.39 is 0 Å². The summed E-state index contributed by atoms with van der Waals surface area (Å²) in [7, 11) is 0. The smallest absolute Gasteiger partial charge is 0.0701 e. The predicted molar refractivity (Wildman–Crippen MR) is 86.3 cm³/mol. The summed E-state index contributed by atoms with van der Waals surface area (Å²) in [5.74, 6) is 0. The molecule has 5 heteroatoms. The highest BCUT2D eigenvalue weighted by molar-refractivity contribution is 14.1. The number of hydrogen-bond donors (Lipinski definition) is 0. The van der Waals surface area contributed by atoms with Gasteiger partial charge in [-0.3, -0.25) is 0 Å². The van der Waals surface area contributed by atoms with Crippen LogP contribution >= 0.6 is 22.6 Å². The number of alkyl halides is 1. The lowest BCUT2D eigenvalue weighted by atomic mass is 10.2. The normalized spacial score (nSPS) is 11.1. The van der Waals surface area contributed by atoms with E-state index in [-0.39, 0.29) is 0 Å². The van der Waals surface area contributed by atoms with Gasteiger partial charge in [0.25, 0.3) is 0 Å². The quantitative estimate of drug-likeness (QED) is 0.231. The number of hydrogen-bond acceptors (Lipinski definition) is 4. The Balaban J connectivity index is 2.88. The molecule has 0 aliphatic rings. The van der Waals surface area contributed by atoms with Gasteiger partial charge in [-0.2, -0.15) is 0 Å². The average molecular weight is 388 g/mol. The summed E-state index contributed by atoms with van der Waals surface area (Å²) < 4.78 is 22.6. The molecule has 4 nitrogen and oxygen atoms in total. The number of rotatable bonds is 16. The van der Waals surface area contributed by atoms with Crippen molar-refractivity contribution in [1.29, 1.82) is 0 Å². The van der Waals surface area contributed by atoms with Gasteiger partial charge in [-0.1, -0.05) is 35.4 Å². The van der Waals surface area contributed by atoms with E-state index in [1.165, 1.54) is 23.7 Å². The maximum Gasteiger partial charge on any atom is 0.0701 e. The van der Waals surface area contributed by atoms with Crippen LogP contribution in [0, 0.1) is 0 Å². The molecule has 0 saturated carbocycles. The lowest BCUT2D eigenvalue weighted by Crippen LogP contribution is -2.12. The van der Waals surface area contributed by atoms with Crippen molar-refractivity contribution >= 4 is 22.6 Å². The van der Waals surface area contributed by atoms with Gasteiger partial charge in [0.2, 0.25) is 0 Å². The predicted octanol–water partition coefficient (Wildman–Crippen LogP) is 3.07. The van der Waals surface area contributed by atoms with E-state index in [0.29, 0.717) is 39.6 Å². The SMILES string of the molecule is CCOCCOCCOCCOCCCCCCI. The van der Waals surface area contributed by atoms with Gasteiger partial charge in [-0.05, 0) is 24.2 Å². The molecule has 0 fully saturated rings. The molecule has 0 heterocycles. The van der Waals surface area contributed by atoms with Gasteiger partial charge < -0.3 is 18.9 Å². The first kappa shape index (κ1) is 19.6. The summed E-state index contributed by atoms with van der Waals surface area (Å²) in [4.78, 5) is 0. The van der Waals surface area contributed by atoms with Crippen LogP contribution in [0.2, 0.25) is 0 Å². The number of halogens is 1. The number of ether oxygens (including phenoxy) is 4. The van der Waals surface area contributed by atoms with Crippen molar-refractivity contribution in [2.45, 2.75) is 32.6 Å². The molecule has 0 N–H and O–H groups in total. The van der Waals surface area contributed by atoms with Crippen molar-refractivity contribution in [3.05, 3.63) is 0 Å². The van der Waals surface area contributed by atoms with Gasteiger partial charge >= 0.3 is 0 Å². The number of unbranched alkanes of at least 4 members (excludes halogenated alkanes) is 3. The molecule has 0 unspecified atom stereocenters. The van der Waals surface area contributed by atoms with Crippen molar-refractivity contribution in [2.24, 2.45) is 0 Å². The standard InChI is InChI=1S/C14H29IO4/c1-2-16-9-10-18-13-14-19-12-11-17-8-6-4-3-5-7-15/h2-14H2,1H3. The van der Waals surface area contributed by atoms with Crippen LogP contribution in [0.3, 0.4) is 0 Å². The summed E-state index contributed by atoms with van der Waals surface area (Å²) in [5, 5.41) is 0. The largest absolute Gasteiger partial charge is 0.379 e. The minimum atomic E-state index is 0.628. The molecule has 0 radical (unpaired) electrons. The fraction of sp³-hybridized carbons (Fsp3) is 1.00. The highest BCUT2D eigenvalue weighted by Gasteiger charge is 1.93. The Morgan fingerprint density at radius 1 is 0.579 bits per heavy atom. The first-order valence-corrected chi connectivity index (χ1v) is 8.81. The lowest BCUT2D eigenvalue weighted by molar-refractivity contribution is -0.000832. The Morgan fingerprint density at radius 2 is 1.05 bits per heavy atom. The molecule has 0 aliphatic heterocycles. The zero-order valence-electron chi connectivity index (χ0n) is 12.2. The van der Waals surface area contributed by atoms with Crippen molar-refractivity contribution < 1.29 is 18.9 Å². The zero-order chi connectivity index (χ0) is 14.0. The molecule has 0 aromatic heterocycles. The van der Waals surface area contributed by atoms with Crippen LogP contribution in [0.1, 0.15) is 32.6 Å². The van der Waals surface area contributed by atoms with E-state index >= 15 is 0 Å². The van der Waals surface area contributed by atoms with Crippen molar-refractivity contribution in [3.63, 3.8) is 0 Å². The Labute approximate surface area is 131 Å². The molecule has 0 aromatic rings. The highest BCUT2D eigenvalue weighted by atomic mass is 127. The molecular formula is C14H29IO4. The maximum atomic E-state index is 5.49. The minimum absolute atomic E-state index is 0.628. The minimum Gasteiger partial charge on any atom is -0.379 e. The zero-order valence-corrected chi connectivity index (χ0v) is 14.4. The van der Waals surface area contributed by atoms with E-state index in [2.05, 4.69) is 22.6 Å². The molecule has 0 bridgehead atoms. The second-order valence-corrected chi connectivity index (χ2v) is 5.22. The van der Waals surface area contributed by atoms with Crippen LogP contribution < -0.4 is 0 Å². The summed E-state index contributed by atoms with van der Waals surface area (Å²) in [6.07, 6.45) is 5.09. The van der Waals surface area contributed by atoms with Crippen molar-refractivity contribution in [1.82, 2.24) is 0 Å². The van der Waals surface area contributed by atoms with Gasteiger partial charge in [-0.15, -0.1) is 0 Å². The molecule has 0 aliphatic carbocycles. The molecule has 0 amide bonds. The monoisotopic (exact) mass is 388 g/mol. The Hall–Kier alpha value is 0.570. The average Bonchev–Trinajstić information content (AvgIpc) is 2.43. The van der Waals surface area contributed by atoms with Crippen LogP contribution in [0.4, 0.5) is 0 Å². The third-order valence-corrected chi connectivity index (χ3v) is 3.26. The summed E-state index contributed by atoms with van der Waals surface area (Å²) in [6.45, 7) is 7.49. The van der Waals surface area contributed by atoms with Gasteiger partial charge in [0.15, 0.2) is 0 Å². The van der Waals surface area contributed by atoms with E-state index in [1.807, 2.05) is 6.92 Å². The third kappa shape index (κ3) is 18.6. The third-order valence-electron chi connectivity index (χ3n) is 2.49. The van der Waals surface area contributed by atoms with E-state index in [0.717, 1.165) is 19.6 Å². The Morgan fingerprint density at radius 3 is 1.58 bits per heavy atom. The molecule has 0 aromatic carbocycles. The molecule has 0 saturated heterocycles. The second kappa shape index (κ2) is 18.6. The van der Waals surface area contributed by atoms with Gasteiger partial charge in [0.05, 0.1) is 39.6 Å². The van der Waals surface area contributed by atoms with Gasteiger partial charge in [-0.25, -0.2) is 0 Å². The topological polar surface area (TPSA) is 36.9 Å². The summed E-state index contributed by atoms with van der Waals surface area (Å²) in [5.41, 5.74) is 0. The molecular weight excluding hydrogens is 359 g/mol. The fourth-order valence-electron chi connectivity index (χ4n) is 1.46. The van der Waals surface area contributed by atoms with Crippen molar-refractivity contribution in [2.75, 3.05) is 57.3 Å². The fourth-order valence-corrected chi connectivity index (χ4v) is 2.00. The molecule has 0 spiro atoms. The van der Waals surface area contributed by atoms with Gasteiger partial charge in [0.1, 0.15) is 0 Å². The van der Waals surface area contributed by atoms with Crippen LogP contribution in [0.5, 0.6) is 0 Å². The van der Waals surface area contributed by atoms with Crippen LogP contribution in [0.15, 0.2) is 0 Å². The van der Waals surface area contributed by atoms with E-state index in [9.17, 15) is 0 Å². The second-order valence-electron chi connectivity index (χ2n) is 4.14. The molecule has 19 heavy (non-hydrogen) atoms. The van der Waals surface area contributed by atoms with Crippen LogP contribution in [-0.2, 0) is 18.9 Å². The Bertz CT molecular complexity index is 142. The van der Waals surface area contributed by atoms with Crippen molar-refractivity contribution in [3.8, 4) is 0 Å². The van der Waals surface area contributed by atoms with Crippen LogP contribution in [0.25, 0.3) is 0 Å². The highest BCUT2D eigenvalue weighted by Crippen LogP contribution is 2.02. The molecule has 0 atom stereocenters. The first-order chi connectivity index (χ1) is 9.41. The van der Waals surface area contributed by atoms with E-state index in [1.54, 1.807) is 0 Å². The molecule has 0 rings (SSSR count). The van der Waals surface area contributed by atoms with Gasteiger partial charge in [0, 0.05) is 13.2 Å². The summed E-state index contributed by atoms with van der Waals surface area (Å²) in [6, 6.07) is 0. The lowest BCUT2D eigenvalue weighted by Gasteiger charge is -2.07. The molecule has 116 valence electrons. The van der Waals surface area contributed by atoms with E-state index in [4.69, 9.17) is 18.9 Å². The maximum absolute atomic E-state index is 5.49. The Kier molecular flexibility index (Phi) is 19.1. The summed E-state index contributed by atoms with van der Waals surface area (Å²) >= 11 is 2.42. The first-order valence-electron chi connectivity index (χ1n) is 7.28.